The second-order valence-corrected chi connectivity index (χ2v) is 2.07. The van der Waals surface area contributed by atoms with E-state index in [1.807, 2.05) is 32.9 Å². The fraction of sp³-hybridized carbons (Fsp3) is 0.500. The van der Waals surface area contributed by atoms with Crippen LogP contribution in [0.15, 0.2) is 24.0 Å². The smallest absolute Gasteiger partial charge is 0.334 e. The van der Waals surface area contributed by atoms with E-state index in [4.69, 9.17) is 10.2 Å². The molecule has 0 aromatic heterocycles. The summed E-state index contributed by atoms with van der Waals surface area (Å²) in [6.45, 7) is 5.86. The third-order valence-electron chi connectivity index (χ3n) is 1.25. The fourth-order valence-electron chi connectivity index (χ4n) is 0.632. The predicted octanol–water partition coefficient (Wildman–Crippen LogP) is 2.90. The van der Waals surface area contributed by atoms with Gasteiger partial charge in [-0.15, -0.1) is 0 Å². The van der Waals surface area contributed by atoms with Crippen molar-refractivity contribution >= 4 is 5.97 Å². The lowest BCUT2D eigenvalue weighted by atomic mass is 10.1. The SMILES string of the molecule is C/C=C\CC/C(=C/O)C(=O)O.CC. The molecular weight excluding hydrogens is 168 g/mol. The van der Waals surface area contributed by atoms with Gasteiger partial charge in [-0.05, 0) is 19.8 Å². The molecule has 3 heteroatoms. The number of allylic oxidation sites excluding steroid dienone is 2. The van der Waals surface area contributed by atoms with E-state index < -0.39 is 5.97 Å². The molecular formula is C10H18O3. The average molecular weight is 186 g/mol. The van der Waals surface area contributed by atoms with Gasteiger partial charge in [0.05, 0.1) is 11.8 Å². The van der Waals surface area contributed by atoms with Crippen LogP contribution in [0.2, 0.25) is 0 Å². The molecule has 0 aromatic rings. The molecule has 0 saturated carbocycles. The number of carboxylic acids is 1. The minimum absolute atomic E-state index is 0.0445. The van der Waals surface area contributed by atoms with Crippen molar-refractivity contribution in [1.29, 1.82) is 0 Å². The van der Waals surface area contributed by atoms with E-state index in [2.05, 4.69) is 0 Å². The van der Waals surface area contributed by atoms with E-state index in [9.17, 15) is 4.79 Å². The van der Waals surface area contributed by atoms with Gasteiger partial charge >= 0.3 is 5.97 Å². The van der Waals surface area contributed by atoms with Crippen molar-refractivity contribution in [3.8, 4) is 0 Å². The molecule has 0 fully saturated rings. The van der Waals surface area contributed by atoms with Gasteiger partial charge in [0, 0.05) is 0 Å². The second-order valence-electron chi connectivity index (χ2n) is 2.07. The van der Waals surface area contributed by atoms with Crippen LogP contribution < -0.4 is 0 Å². The molecule has 3 nitrogen and oxygen atoms in total. The van der Waals surface area contributed by atoms with Gasteiger partial charge in [0.15, 0.2) is 0 Å². The van der Waals surface area contributed by atoms with Crippen molar-refractivity contribution in [2.45, 2.75) is 33.6 Å². The quantitative estimate of drug-likeness (QED) is 0.403. The van der Waals surface area contributed by atoms with Crippen LogP contribution in [0.4, 0.5) is 0 Å². The molecule has 0 amide bonds. The zero-order chi connectivity index (χ0) is 10.7. The van der Waals surface area contributed by atoms with Gasteiger partial charge in [-0.25, -0.2) is 4.79 Å². The van der Waals surface area contributed by atoms with Gasteiger partial charge in [0.2, 0.25) is 0 Å². The zero-order valence-corrected chi connectivity index (χ0v) is 8.45. The van der Waals surface area contributed by atoms with Crippen molar-refractivity contribution in [1.82, 2.24) is 0 Å². The predicted molar refractivity (Wildman–Crippen MR) is 53.7 cm³/mol. The zero-order valence-electron chi connectivity index (χ0n) is 8.45. The molecule has 0 aromatic carbocycles. The summed E-state index contributed by atoms with van der Waals surface area (Å²) in [4.78, 5) is 10.3. The number of carbonyl (C=O) groups is 1. The molecule has 0 aliphatic heterocycles. The summed E-state index contributed by atoms with van der Waals surface area (Å²) in [6.07, 6.45) is 5.36. The summed E-state index contributed by atoms with van der Waals surface area (Å²) in [6, 6.07) is 0. The summed E-state index contributed by atoms with van der Waals surface area (Å²) in [5.74, 6) is -1.06. The molecule has 0 radical (unpaired) electrons. The minimum Gasteiger partial charge on any atom is -0.515 e. The Bertz CT molecular complexity index is 181. The molecule has 0 aliphatic carbocycles. The highest BCUT2D eigenvalue weighted by molar-refractivity contribution is 5.86. The summed E-state index contributed by atoms with van der Waals surface area (Å²) in [5, 5.41) is 16.8. The van der Waals surface area contributed by atoms with Crippen LogP contribution in [0.1, 0.15) is 33.6 Å². The van der Waals surface area contributed by atoms with Crippen LogP contribution in [-0.2, 0) is 4.79 Å². The van der Waals surface area contributed by atoms with Crippen molar-refractivity contribution in [3.63, 3.8) is 0 Å². The Balaban J connectivity index is 0. The van der Waals surface area contributed by atoms with Gasteiger partial charge in [-0.1, -0.05) is 26.0 Å². The topological polar surface area (TPSA) is 57.5 Å². The monoisotopic (exact) mass is 186 g/mol. The number of aliphatic hydroxyl groups excluding tert-OH is 1. The standard InChI is InChI=1S/C8H12O3.C2H6/c1-2-3-4-5-7(6-9)8(10)11;1-2/h2-3,6,9H,4-5H2,1H3,(H,10,11);1-2H3/b3-2-,7-6-;. The van der Waals surface area contributed by atoms with Crippen LogP contribution >= 0.6 is 0 Å². The molecule has 0 heterocycles. The van der Waals surface area contributed by atoms with E-state index in [0.29, 0.717) is 19.1 Å². The van der Waals surface area contributed by atoms with E-state index in [1.54, 1.807) is 0 Å². The Morgan fingerprint density at radius 2 is 1.92 bits per heavy atom. The molecule has 0 rings (SSSR count). The summed E-state index contributed by atoms with van der Waals surface area (Å²) >= 11 is 0. The number of aliphatic hydroxyl groups is 1. The third kappa shape index (κ3) is 8.66. The molecule has 0 spiro atoms. The van der Waals surface area contributed by atoms with Crippen molar-refractivity contribution in [3.05, 3.63) is 24.0 Å². The van der Waals surface area contributed by atoms with Crippen LogP contribution in [0.5, 0.6) is 0 Å². The van der Waals surface area contributed by atoms with E-state index in [0.717, 1.165) is 0 Å². The van der Waals surface area contributed by atoms with Gasteiger partial charge in [0.25, 0.3) is 0 Å². The van der Waals surface area contributed by atoms with Crippen molar-refractivity contribution in [2.24, 2.45) is 0 Å². The highest BCUT2D eigenvalue weighted by Gasteiger charge is 2.04. The highest BCUT2D eigenvalue weighted by Crippen LogP contribution is 2.04. The third-order valence-corrected chi connectivity index (χ3v) is 1.25. The summed E-state index contributed by atoms with van der Waals surface area (Å²) in [7, 11) is 0. The second kappa shape index (κ2) is 10.8. The molecule has 2 N–H and O–H groups in total. The molecule has 0 unspecified atom stereocenters. The maximum atomic E-state index is 10.3. The van der Waals surface area contributed by atoms with Crippen LogP contribution in [0.25, 0.3) is 0 Å². The molecule has 13 heavy (non-hydrogen) atoms. The highest BCUT2D eigenvalue weighted by atomic mass is 16.4. The largest absolute Gasteiger partial charge is 0.515 e. The lowest BCUT2D eigenvalue weighted by Gasteiger charge is -1.95. The van der Waals surface area contributed by atoms with Gasteiger partial charge in [-0.3, -0.25) is 0 Å². The van der Waals surface area contributed by atoms with Gasteiger partial charge in [0.1, 0.15) is 0 Å². The Morgan fingerprint density at radius 3 is 2.23 bits per heavy atom. The number of hydrogen-bond acceptors (Lipinski definition) is 2. The average Bonchev–Trinajstić information content (AvgIpc) is 2.15. The molecule has 76 valence electrons. The van der Waals surface area contributed by atoms with Gasteiger partial charge in [-0.2, -0.15) is 0 Å². The first kappa shape index (κ1) is 14.3. The molecule has 0 aliphatic rings. The number of hydrogen-bond donors (Lipinski definition) is 2. The Hall–Kier alpha value is -1.25. The number of rotatable bonds is 4. The Kier molecular flexibility index (Phi) is 11.8. The molecule has 0 bridgehead atoms. The van der Waals surface area contributed by atoms with Crippen LogP contribution in [0.3, 0.4) is 0 Å². The fourth-order valence-corrected chi connectivity index (χ4v) is 0.632. The van der Waals surface area contributed by atoms with E-state index >= 15 is 0 Å². The maximum absolute atomic E-state index is 10.3. The first-order valence-electron chi connectivity index (χ1n) is 4.40. The lowest BCUT2D eigenvalue weighted by molar-refractivity contribution is -0.132. The molecule has 0 saturated heterocycles. The lowest BCUT2D eigenvalue weighted by Crippen LogP contribution is -1.99. The first-order chi connectivity index (χ1) is 6.22. The first-order valence-corrected chi connectivity index (χ1v) is 4.40. The van der Waals surface area contributed by atoms with Crippen molar-refractivity contribution < 1.29 is 15.0 Å². The van der Waals surface area contributed by atoms with Crippen LogP contribution in [-0.4, -0.2) is 16.2 Å². The van der Waals surface area contributed by atoms with E-state index in [1.165, 1.54) is 0 Å². The van der Waals surface area contributed by atoms with Crippen LogP contribution in [0, 0.1) is 0 Å². The molecule has 0 atom stereocenters. The Labute approximate surface area is 79.4 Å². The van der Waals surface area contributed by atoms with Gasteiger partial charge < -0.3 is 10.2 Å². The van der Waals surface area contributed by atoms with Crippen molar-refractivity contribution in [2.75, 3.05) is 0 Å². The number of aliphatic carboxylic acids is 1. The maximum Gasteiger partial charge on any atom is 0.334 e. The van der Waals surface area contributed by atoms with E-state index in [-0.39, 0.29) is 5.57 Å². The summed E-state index contributed by atoms with van der Waals surface area (Å²) in [5.41, 5.74) is 0.0445. The number of carboxylic acid groups (broad SMARTS) is 1. The summed E-state index contributed by atoms with van der Waals surface area (Å²) < 4.78 is 0. The minimum atomic E-state index is -1.06. The normalized spacial score (nSPS) is 10.8. The Morgan fingerprint density at radius 1 is 1.38 bits per heavy atom.